The normalized spacial score (nSPS) is 21.8. The molecule has 1 aliphatic heterocycles. The molecule has 28 heavy (non-hydrogen) atoms. The molecular weight excluding hydrogens is 395 g/mol. The van der Waals surface area contributed by atoms with E-state index < -0.39 is 5.92 Å². The summed E-state index contributed by atoms with van der Waals surface area (Å²) in [6.45, 7) is 0. The van der Waals surface area contributed by atoms with Gasteiger partial charge in [0, 0.05) is 18.4 Å². The standard InChI is InChI=1S/C22H16Cl2N2O2/c23-16-8-4-7-14(21(16)24)19-15(11-25)22(26)28-18-10-13(9-17(27)20(18)19)12-5-2-1-3-6-12/h1-8,13,19H,9-10,26H2. The summed E-state index contributed by atoms with van der Waals surface area (Å²) in [5, 5.41) is 10.3. The van der Waals surface area contributed by atoms with Gasteiger partial charge >= 0.3 is 0 Å². The van der Waals surface area contributed by atoms with Gasteiger partial charge in [0.05, 0.1) is 16.0 Å². The van der Waals surface area contributed by atoms with Crippen molar-refractivity contribution in [3.63, 3.8) is 0 Å². The van der Waals surface area contributed by atoms with E-state index in [-0.39, 0.29) is 23.2 Å². The van der Waals surface area contributed by atoms with E-state index in [1.807, 2.05) is 30.3 Å². The van der Waals surface area contributed by atoms with Gasteiger partial charge in [0.2, 0.25) is 5.88 Å². The van der Waals surface area contributed by atoms with Crippen LogP contribution in [0.15, 0.2) is 71.3 Å². The quantitative estimate of drug-likeness (QED) is 0.737. The first-order valence-electron chi connectivity index (χ1n) is 8.84. The van der Waals surface area contributed by atoms with Crippen LogP contribution in [0.3, 0.4) is 0 Å². The summed E-state index contributed by atoms with van der Waals surface area (Å²) in [6.07, 6.45) is 0.860. The number of nitrogens with two attached hydrogens (primary N) is 1. The zero-order valence-electron chi connectivity index (χ0n) is 14.8. The Morgan fingerprint density at radius 2 is 1.82 bits per heavy atom. The number of halogens is 2. The third-order valence-corrected chi connectivity index (χ3v) is 6.06. The van der Waals surface area contributed by atoms with Gasteiger partial charge in [0.15, 0.2) is 5.78 Å². The lowest BCUT2D eigenvalue weighted by atomic mass is 9.73. The average Bonchev–Trinajstić information content (AvgIpc) is 2.69. The van der Waals surface area contributed by atoms with E-state index in [0.717, 1.165) is 5.56 Å². The smallest absolute Gasteiger partial charge is 0.205 e. The van der Waals surface area contributed by atoms with E-state index in [4.69, 9.17) is 33.7 Å². The molecule has 2 atom stereocenters. The second kappa shape index (κ2) is 7.35. The molecule has 6 heteroatoms. The first-order chi connectivity index (χ1) is 13.5. The third kappa shape index (κ3) is 3.07. The van der Waals surface area contributed by atoms with Crippen molar-refractivity contribution in [3.8, 4) is 6.07 Å². The van der Waals surface area contributed by atoms with Crippen LogP contribution in [0, 0.1) is 11.3 Å². The zero-order valence-corrected chi connectivity index (χ0v) is 16.3. The number of carbonyl (C=O) groups excluding carboxylic acids is 1. The minimum atomic E-state index is -0.677. The van der Waals surface area contributed by atoms with Crippen LogP contribution in [0.5, 0.6) is 0 Å². The summed E-state index contributed by atoms with van der Waals surface area (Å²) in [5.74, 6) is -0.244. The molecule has 2 aromatic rings. The van der Waals surface area contributed by atoms with E-state index in [1.54, 1.807) is 18.2 Å². The molecule has 0 saturated carbocycles. The average molecular weight is 411 g/mol. The number of ketones is 1. The van der Waals surface area contributed by atoms with Crippen molar-refractivity contribution in [1.82, 2.24) is 0 Å². The van der Waals surface area contributed by atoms with E-state index in [9.17, 15) is 10.1 Å². The van der Waals surface area contributed by atoms with Crippen molar-refractivity contribution in [2.45, 2.75) is 24.7 Å². The molecule has 0 radical (unpaired) electrons. The van der Waals surface area contributed by atoms with Gasteiger partial charge in [-0.25, -0.2) is 0 Å². The van der Waals surface area contributed by atoms with Crippen molar-refractivity contribution in [2.75, 3.05) is 0 Å². The number of rotatable bonds is 2. The number of Topliss-reactive ketones (excluding diaryl/α,β-unsaturated/α-hetero) is 1. The zero-order chi connectivity index (χ0) is 19.8. The molecule has 4 rings (SSSR count). The molecule has 2 N–H and O–H groups in total. The fourth-order valence-corrected chi connectivity index (χ4v) is 4.34. The van der Waals surface area contributed by atoms with Crippen LogP contribution in [-0.2, 0) is 9.53 Å². The summed E-state index contributed by atoms with van der Waals surface area (Å²) in [5.41, 5.74) is 8.32. The maximum absolute atomic E-state index is 13.2. The third-order valence-electron chi connectivity index (χ3n) is 5.22. The Morgan fingerprint density at radius 3 is 2.54 bits per heavy atom. The fourth-order valence-electron chi connectivity index (χ4n) is 3.92. The lowest BCUT2D eigenvalue weighted by Gasteiger charge is -2.34. The van der Waals surface area contributed by atoms with Crippen molar-refractivity contribution in [2.24, 2.45) is 5.73 Å². The lowest BCUT2D eigenvalue weighted by Crippen LogP contribution is -2.30. The maximum atomic E-state index is 13.2. The molecule has 4 nitrogen and oxygen atoms in total. The van der Waals surface area contributed by atoms with Crippen molar-refractivity contribution < 1.29 is 9.53 Å². The van der Waals surface area contributed by atoms with Crippen LogP contribution < -0.4 is 5.73 Å². The number of nitriles is 1. The largest absolute Gasteiger partial charge is 0.444 e. The van der Waals surface area contributed by atoms with E-state index in [2.05, 4.69) is 6.07 Å². The Kier molecular flexibility index (Phi) is 4.89. The fraction of sp³-hybridized carbons (Fsp3) is 0.182. The predicted molar refractivity (Wildman–Crippen MR) is 108 cm³/mol. The van der Waals surface area contributed by atoms with E-state index >= 15 is 0 Å². The van der Waals surface area contributed by atoms with Gasteiger partial charge < -0.3 is 10.5 Å². The Balaban J connectivity index is 1.84. The highest BCUT2D eigenvalue weighted by Gasteiger charge is 2.41. The van der Waals surface area contributed by atoms with Gasteiger partial charge in [-0.3, -0.25) is 4.79 Å². The number of allylic oxidation sites excluding steroid dienone is 3. The first-order valence-corrected chi connectivity index (χ1v) is 9.59. The molecule has 0 saturated heterocycles. The monoisotopic (exact) mass is 410 g/mol. The lowest BCUT2D eigenvalue weighted by molar-refractivity contribution is -0.117. The summed E-state index contributed by atoms with van der Waals surface area (Å²) in [4.78, 5) is 13.2. The van der Waals surface area contributed by atoms with Gasteiger partial charge in [-0.15, -0.1) is 0 Å². The highest BCUT2D eigenvalue weighted by atomic mass is 35.5. The first kappa shape index (κ1) is 18.6. The molecule has 0 aromatic heterocycles. The number of hydrogen-bond acceptors (Lipinski definition) is 4. The molecule has 140 valence electrons. The van der Waals surface area contributed by atoms with Gasteiger partial charge in [0.25, 0.3) is 0 Å². The minimum Gasteiger partial charge on any atom is -0.444 e. The molecule has 0 spiro atoms. The van der Waals surface area contributed by atoms with Gasteiger partial charge in [-0.2, -0.15) is 5.26 Å². The Morgan fingerprint density at radius 1 is 1.07 bits per heavy atom. The highest BCUT2D eigenvalue weighted by Crippen LogP contribution is 2.48. The van der Waals surface area contributed by atoms with Crippen LogP contribution in [-0.4, -0.2) is 5.78 Å². The number of ether oxygens (including phenoxy) is 1. The molecule has 0 bridgehead atoms. The van der Waals surface area contributed by atoms with Gasteiger partial charge in [-0.05, 0) is 23.1 Å². The van der Waals surface area contributed by atoms with E-state index in [0.29, 0.717) is 39.8 Å². The molecule has 2 aromatic carbocycles. The van der Waals surface area contributed by atoms with Crippen LogP contribution >= 0.6 is 23.2 Å². The van der Waals surface area contributed by atoms with Gasteiger partial charge in [0.1, 0.15) is 17.4 Å². The summed E-state index contributed by atoms with van der Waals surface area (Å²) < 4.78 is 5.76. The molecule has 0 fully saturated rings. The molecule has 2 unspecified atom stereocenters. The van der Waals surface area contributed by atoms with Crippen molar-refractivity contribution >= 4 is 29.0 Å². The van der Waals surface area contributed by atoms with Crippen molar-refractivity contribution in [3.05, 3.63) is 92.5 Å². The predicted octanol–water partition coefficient (Wildman–Crippen LogP) is 5.20. The van der Waals surface area contributed by atoms with Crippen LogP contribution in [0.1, 0.15) is 35.8 Å². The second-order valence-corrected chi connectivity index (χ2v) is 7.63. The van der Waals surface area contributed by atoms with Crippen LogP contribution in [0.4, 0.5) is 0 Å². The summed E-state index contributed by atoms with van der Waals surface area (Å²) in [6, 6.07) is 17.1. The van der Waals surface area contributed by atoms with Crippen LogP contribution in [0.2, 0.25) is 10.0 Å². The molecular formula is C22H16Cl2N2O2. The number of carbonyl (C=O) groups is 1. The van der Waals surface area contributed by atoms with Crippen LogP contribution in [0.25, 0.3) is 0 Å². The Hall–Kier alpha value is -2.74. The number of benzene rings is 2. The topological polar surface area (TPSA) is 76.1 Å². The maximum Gasteiger partial charge on any atom is 0.205 e. The SMILES string of the molecule is N#CC1=C(N)OC2=C(C(=O)CC(c3ccccc3)C2)C1c1cccc(Cl)c1Cl. The minimum absolute atomic E-state index is 0.000584. The van der Waals surface area contributed by atoms with Crippen molar-refractivity contribution in [1.29, 1.82) is 5.26 Å². The Labute approximate surface area is 172 Å². The highest BCUT2D eigenvalue weighted by molar-refractivity contribution is 6.42. The summed E-state index contributed by atoms with van der Waals surface area (Å²) in [7, 11) is 0. The molecule has 2 aliphatic rings. The summed E-state index contributed by atoms with van der Waals surface area (Å²) >= 11 is 12.6. The van der Waals surface area contributed by atoms with Gasteiger partial charge in [-0.1, -0.05) is 65.7 Å². The molecule has 1 heterocycles. The number of hydrogen-bond donors (Lipinski definition) is 1. The Bertz CT molecular complexity index is 1070. The number of nitrogens with zero attached hydrogens (tertiary/aromatic N) is 1. The molecule has 1 aliphatic carbocycles. The second-order valence-electron chi connectivity index (χ2n) is 6.84. The molecule has 0 amide bonds. The van der Waals surface area contributed by atoms with E-state index in [1.165, 1.54) is 0 Å².